The van der Waals surface area contributed by atoms with Crippen molar-refractivity contribution in [3.63, 3.8) is 0 Å². The second-order valence-corrected chi connectivity index (χ2v) is 0.272. The quantitative estimate of drug-likeness (QED) is 0.377. The van der Waals surface area contributed by atoms with E-state index in [1.165, 1.54) is 0 Å². The highest BCUT2D eigenvalue weighted by Gasteiger charge is 1.47. The number of carbonyl (C=O) groups is 2. The summed E-state index contributed by atoms with van der Waals surface area (Å²) in [6.07, 6.45) is 0.389. The smallest absolute Gasteiger partial charge is 0.182 e. The van der Waals surface area contributed by atoms with Crippen LogP contribution in [0.15, 0.2) is 0 Å². The van der Waals surface area contributed by atoms with Crippen molar-refractivity contribution in [1.82, 2.24) is 0 Å². The summed E-state index contributed by atoms with van der Waals surface area (Å²) >= 11 is 0. The minimum atomic E-state index is 0. The van der Waals surface area contributed by atoms with Gasteiger partial charge in [-0.2, -0.15) is 0 Å². The van der Waals surface area contributed by atoms with Gasteiger partial charge in [-0.1, -0.05) is 0 Å². The predicted molar refractivity (Wildman–Crippen MR) is 22.4 cm³/mol. The third-order valence-corrected chi connectivity index (χ3v) is 0.0556. The highest BCUT2D eigenvalue weighted by atomic mass is 79.9. The molecular weight excluding hydrogens is 136 g/mol. The van der Waals surface area contributed by atoms with E-state index in [-0.39, 0.29) is 29.6 Å². The molecule has 0 aromatic rings. The van der Waals surface area contributed by atoms with Crippen molar-refractivity contribution in [2.24, 2.45) is 0 Å². The molecule has 0 N–H and O–H groups in total. The SMILES string of the molecule is Br.O=CC=O. The van der Waals surface area contributed by atoms with E-state index in [0.717, 1.165) is 0 Å². The van der Waals surface area contributed by atoms with Crippen molar-refractivity contribution in [1.29, 1.82) is 0 Å². The van der Waals surface area contributed by atoms with Gasteiger partial charge in [0.25, 0.3) is 0 Å². The molecule has 3 heteroatoms. The number of carbonyl (C=O) groups excluding carboxylic acids is 2. The molecule has 0 amide bonds. The van der Waals surface area contributed by atoms with Crippen LogP contribution in [0.25, 0.3) is 0 Å². The van der Waals surface area contributed by atoms with E-state index in [1.54, 1.807) is 0 Å². The average molecular weight is 139 g/mol. The molecule has 0 fully saturated rings. The van der Waals surface area contributed by atoms with Crippen LogP contribution in [0.3, 0.4) is 0 Å². The number of aldehydes is 2. The van der Waals surface area contributed by atoms with E-state index in [1.807, 2.05) is 0 Å². The van der Waals surface area contributed by atoms with Crippen molar-refractivity contribution in [3.05, 3.63) is 0 Å². The largest absolute Gasteiger partial charge is 0.295 e. The molecule has 0 heterocycles. The van der Waals surface area contributed by atoms with Gasteiger partial charge in [0.15, 0.2) is 12.6 Å². The first-order valence-electron chi connectivity index (χ1n) is 0.805. The average Bonchev–Trinajstić information content (AvgIpc) is 1.37. The monoisotopic (exact) mass is 138 g/mol. The summed E-state index contributed by atoms with van der Waals surface area (Å²) in [5.74, 6) is 0. The maximum atomic E-state index is 8.81. The van der Waals surface area contributed by atoms with Gasteiger partial charge in [-0.05, 0) is 0 Å². The summed E-state index contributed by atoms with van der Waals surface area (Å²) in [6, 6.07) is 0. The molecule has 0 saturated carbocycles. The van der Waals surface area contributed by atoms with Crippen LogP contribution < -0.4 is 0 Å². The van der Waals surface area contributed by atoms with Crippen molar-refractivity contribution in [3.8, 4) is 0 Å². The van der Waals surface area contributed by atoms with Gasteiger partial charge in [-0.3, -0.25) is 9.59 Å². The van der Waals surface area contributed by atoms with E-state index >= 15 is 0 Å². The molecule has 0 bridgehead atoms. The van der Waals surface area contributed by atoms with Crippen molar-refractivity contribution in [2.45, 2.75) is 0 Å². The molecular formula is C2H3BrO2. The van der Waals surface area contributed by atoms with E-state index in [9.17, 15) is 0 Å². The lowest BCUT2D eigenvalue weighted by Gasteiger charge is -1.31. The highest BCUT2D eigenvalue weighted by molar-refractivity contribution is 8.93. The topological polar surface area (TPSA) is 34.1 Å². The molecule has 0 atom stereocenters. The van der Waals surface area contributed by atoms with E-state index in [2.05, 4.69) is 0 Å². The minimum Gasteiger partial charge on any atom is -0.295 e. The minimum absolute atomic E-state index is 0. The van der Waals surface area contributed by atoms with Crippen LogP contribution in [-0.4, -0.2) is 12.6 Å². The number of hydrogen-bond acceptors (Lipinski definition) is 2. The molecule has 0 aromatic carbocycles. The molecule has 0 rings (SSSR count). The molecule has 0 saturated heterocycles. The predicted octanol–water partition coefficient (Wildman–Crippen LogP) is -0.0379. The van der Waals surface area contributed by atoms with Crippen LogP contribution in [0, 0.1) is 0 Å². The molecule has 0 aliphatic carbocycles. The summed E-state index contributed by atoms with van der Waals surface area (Å²) in [4.78, 5) is 17.6. The maximum Gasteiger partial charge on any atom is 0.182 e. The molecule has 0 aromatic heterocycles. The Balaban J connectivity index is 0. The summed E-state index contributed by atoms with van der Waals surface area (Å²) < 4.78 is 0. The first-order valence-corrected chi connectivity index (χ1v) is 0.805. The normalized spacial score (nSPS) is 4.00. The Labute approximate surface area is 39.9 Å². The lowest BCUT2D eigenvalue weighted by atomic mass is 10.9. The lowest BCUT2D eigenvalue weighted by molar-refractivity contribution is -0.122. The summed E-state index contributed by atoms with van der Waals surface area (Å²) in [5.41, 5.74) is 0. The molecule has 2 nitrogen and oxygen atoms in total. The van der Waals surface area contributed by atoms with E-state index in [4.69, 9.17) is 9.59 Å². The number of rotatable bonds is 1. The highest BCUT2D eigenvalue weighted by Crippen LogP contribution is 1.12. The van der Waals surface area contributed by atoms with Gasteiger partial charge < -0.3 is 0 Å². The first-order chi connectivity index (χ1) is 1.91. The van der Waals surface area contributed by atoms with Gasteiger partial charge >= 0.3 is 0 Å². The fourth-order valence-electron chi connectivity index (χ4n) is 0. The Kier molecular flexibility index (Phi) is 16.2. The lowest BCUT2D eigenvalue weighted by Crippen LogP contribution is -1.62. The number of halogens is 1. The van der Waals surface area contributed by atoms with Gasteiger partial charge in [0.2, 0.25) is 0 Å². The fourth-order valence-corrected chi connectivity index (χ4v) is 0. The van der Waals surface area contributed by atoms with Crippen LogP contribution in [0.4, 0.5) is 0 Å². The summed E-state index contributed by atoms with van der Waals surface area (Å²) in [7, 11) is 0. The Hall–Kier alpha value is -0.180. The Morgan fingerprint density at radius 1 is 1.00 bits per heavy atom. The Morgan fingerprint density at radius 2 is 1.20 bits per heavy atom. The van der Waals surface area contributed by atoms with Crippen molar-refractivity contribution in [2.75, 3.05) is 0 Å². The van der Waals surface area contributed by atoms with Crippen molar-refractivity contribution >= 4 is 29.6 Å². The molecule has 0 aliphatic heterocycles. The third-order valence-electron chi connectivity index (χ3n) is 0.0556. The van der Waals surface area contributed by atoms with Gasteiger partial charge in [-0.15, -0.1) is 17.0 Å². The zero-order valence-corrected chi connectivity index (χ0v) is 4.09. The standard InChI is InChI=1S/C2H2O2.BrH/c3-1-2-4;/h1-2H;1H. The van der Waals surface area contributed by atoms with Crippen LogP contribution in [0.2, 0.25) is 0 Å². The fraction of sp³-hybridized carbons (Fsp3) is 0. The van der Waals surface area contributed by atoms with Gasteiger partial charge in [0.1, 0.15) is 0 Å². The molecule has 0 unspecified atom stereocenters. The zero-order valence-electron chi connectivity index (χ0n) is 2.38. The first kappa shape index (κ1) is 8.84. The maximum absolute atomic E-state index is 8.81. The van der Waals surface area contributed by atoms with Crippen LogP contribution >= 0.6 is 17.0 Å². The second-order valence-electron chi connectivity index (χ2n) is 0.272. The molecule has 5 heavy (non-hydrogen) atoms. The Morgan fingerprint density at radius 3 is 1.20 bits per heavy atom. The van der Waals surface area contributed by atoms with Gasteiger partial charge in [0.05, 0.1) is 0 Å². The van der Waals surface area contributed by atoms with Gasteiger partial charge in [0, 0.05) is 0 Å². The van der Waals surface area contributed by atoms with Gasteiger partial charge in [-0.25, -0.2) is 0 Å². The van der Waals surface area contributed by atoms with E-state index < -0.39 is 0 Å². The molecule has 30 valence electrons. The summed E-state index contributed by atoms with van der Waals surface area (Å²) in [6.45, 7) is 0. The number of hydrogen-bond donors (Lipinski definition) is 0. The second kappa shape index (κ2) is 9.17. The molecule has 0 radical (unpaired) electrons. The zero-order chi connectivity index (χ0) is 3.41. The Bertz CT molecular complexity index is 28.6. The molecule has 0 spiro atoms. The van der Waals surface area contributed by atoms with Crippen LogP contribution in [-0.2, 0) is 9.59 Å². The van der Waals surface area contributed by atoms with E-state index in [0.29, 0.717) is 0 Å². The third kappa shape index (κ3) is 18.8. The van der Waals surface area contributed by atoms with Crippen LogP contribution in [0.5, 0.6) is 0 Å². The van der Waals surface area contributed by atoms with Crippen molar-refractivity contribution < 1.29 is 9.59 Å². The molecule has 0 aliphatic rings. The van der Waals surface area contributed by atoms with Crippen LogP contribution in [0.1, 0.15) is 0 Å². The summed E-state index contributed by atoms with van der Waals surface area (Å²) in [5, 5.41) is 0.